The van der Waals surface area contributed by atoms with Gasteiger partial charge in [0.15, 0.2) is 5.60 Å². The van der Waals surface area contributed by atoms with E-state index in [0.29, 0.717) is 42.3 Å². The SMILES string of the molecule is CC(C)(Oc1ccc(CCNC(=O)c2ccc(Cl)cc2)cc1)C(=O)OCOC(=O)CCCCCCN. The largest absolute Gasteiger partial charge is 0.476 e. The zero-order chi connectivity index (χ0) is 26.4. The molecule has 0 spiro atoms. The molecule has 0 fully saturated rings. The normalized spacial score (nSPS) is 11.0. The Morgan fingerprint density at radius 1 is 0.917 bits per heavy atom. The van der Waals surface area contributed by atoms with Crippen molar-refractivity contribution in [3.63, 3.8) is 0 Å². The van der Waals surface area contributed by atoms with Crippen LogP contribution in [0.3, 0.4) is 0 Å². The van der Waals surface area contributed by atoms with Gasteiger partial charge >= 0.3 is 11.9 Å². The van der Waals surface area contributed by atoms with Gasteiger partial charge in [0.1, 0.15) is 5.75 Å². The summed E-state index contributed by atoms with van der Waals surface area (Å²) in [5.41, 5.74) is 5.70. The van der Waals surface area contributed by atoms with Crippen molar-refractivity contribution in [3.05, 3.63) is 64.7 Å². The van der Waals surface area contributed by atoms with Crippen molar-refractivity contribution in [3.8, 4) is 5.75 Å². The molecule has 196 valence electrons. The monoisotopic (exact) mass is 518 g/mol. The average molecular weight is 519 g/mol. The number of benzene rings is 2. The Balaban J connectivity index is 1.70. The van der Waals surface area contributed by atoms with Gasteiger partial charge in [0, 0.05) is 23.6 Å². The molecular formula is C27H35ClN2O6. The second-order valence-corrected chi connectivity index (χ2v) is 9.22. The minimum Gasteiger partial charge on any atom is -0.476 e. The van der Waals surface area contributed by atoms with E-state index < -0.39 is 24.3 Å². The number of carbonyl (C=O) groups is 3. The van der Waals surface area contributed by atoms with Gasteiger partial charge in [-0.2, -0.15) is 0 Å². The molecule has 8 nitrogen and oxygen atoms in total. The lowest BCUT2D eigenvalue weighted by Crippen LogP contribution is -2.40. The topological polar surface area (TPSA) is 117 Å². The number of unbranched alkanes of at least 4 members (excludes halogenated alkanes) is 3. The zero-order valence-electron chi connectivity index (χ0n) is 20.9. The van der Waals surface area contributed by atoms with Gasteiger partial charge in [0.05, 0.1) is 0 Å². The molecule has 0 aliphatic carbocycles. The van der Waals surface area contributed by atoms with Crippen molar-refractivity contribution in [1.29, 1.82) is 0 Å². The third kappa shape index (κ3) is 10.7. The Morgan fingerprint density at radius 2 is 1.58 bits per heavy atom. The molecule has 2 aromatic rings. The summed E-state index contributed by atoms with van der Waals surface area (Å²) in [6.07, 6.45) is 4.44. The van der Waals surface area contributed by atoms with Crippen LogP contribution in [-0.2, 0) is 25.5 Å². The molecule has 0 radical (unpaired) electrons. The third-order valence-electron chi connectivity index (χ3n) is 5.34. The first-order chi connectivity index (χ1) is 17.2. The molecular weight excluding hydrogens is 484 g/mol. The van der Waals surface area contributed by atoms with E-state index >= 15 is 0 Å². The van der Waals surface area contributed by atoms with E-state index in [2.05, 4.69) is 5.32 Å². The van der Waals surface area contributed by atoms with Crippen LogP contribution in [0.25, 0.3) is 0 Å². The van der Waals surface area contributed by atoms with Crippen molar-refractivity contribution in [1.82, 2.24) is 5.32 Å². The summed E-state index contributed by atoms with van der Waals surface area (Å²) in [4.78, 5) is 36.3. The molecule has 36 heavy (non-hydrogen) atoms. The minimum atomic E-state index is -1.28. The van der Waals surface area contributed by atoms with Crippen molar-refractivity contribution < 1.29 is 28.6 Å². The number of halogens is 1. The Hall–Kier alpha value is -3.10. The number of rotatable bonds is 15. The molecule has 0 heterocycles. The second kappa shape index (κ2) is 15.1. The van der Waals surface area contributed by atoms with E-state index in [-0.39, 0.29) is 12.3 Å². The van der Waals surface area contributed by atoms with Crippen LogP contribution in [0.2, 0.25) is 5.02 Å². The quantitative estimate of drug-likeness (QED) is 0.203. The number of nitrogens with two attached hydrogens (primary N) is 1. The number of nitrogens with one attached hydrogen (secondary N) is 1. The maximum absolute atomic E-state index is 12.4. The highest BCUT2D eigenvalue weighted by Crippen LogP contribution is 2.20. The lowest BCUT2D eigenvalue weighted by atomic mass is 10.1. The third-order valence-corrected chi connectivity index (χ3v) is 5.59. The van der Waals surface area contributed by atoms with Gasteiger partial charge in [-0.25, -0.2) is 4.79 Å². The van der Waals surface area contributed by atoms with Crippen LogP contribution in [-0.4, -0.2) is 43.3 Å². The summed E-state index contributed by atoms with van der Waals surface area (Å²) in [5, 5.41) is 3.44. The Labute approximate surface area is 217 Å². The van der Waals surface area contributed by atoms with Crippen LogP contribution < -0.4 is 15.8 Å². The molecule has 0 unspecified atom stereocenters. The maximum atomic E-state index is 12.4. The van der Waals surface area contributed by atoms with Crippen LogP contribution >= 0.6 is 11.6 Å². The van der Waals surface area contributed by atoms with Crippen molar-refractivity contribution >= 4 is 29.4 Å². The summed E-state index contributed by atoms with van der Waals surface area (Å²) in [5.74, 6) is -0.734. The van der Waals surface area contributed by atoms with E-state index in [1.807, 2.05) is 12.1 Å². The van der Waals surface area contributed by atoms with E-state index in [1.165, 1.54) is 0 Å². The van der Waals surface area contributed by atoms with Gasteiger partial charge in [-0.05, 0) is 81.6 Å². The van der Waals surface area contributed by atoms with Gasteiger partial charge < -0.3 is 25.3 Å². The molecule has 0 atom stereocenters. The van der Waals surface area contributed by atoms with Crippen LogP contribution in [0.5, 0.6) is 5.75 Å². The van der Waals surface area contributed by atoms with Crippen molar-refractivity contribution in [2.24, 2.45) is 5.73 Å². The molecule has 0 saturated heterocycles. The summed E-state index contributed by atoms with van der Waals surface area (Å²) in [6, 6.07) is 13.9. The average Bonchev–Trinajstić information content (AvgIpc) is 2.85. The van der Waals surface area contributed by atoms with Gasteiger partial charge in [0.2, 0.25) is 6.79 Å². The number of carbonyl (C=O) groups excluding carboxylic acids is 3. The lowest BCUT2D eigenvalue weighted by Gasteiger charge is -2.24. The van der Waals surface area contributed by atoms with E-state index in [0.717, 1.165) is 24.8 Å². The van der Waals surface area contributed by atoms with Crippen LogP contribution in [0.4, 0.5) is 0 Å². The molecule has 9 heteroatoms. The predicted molar refractivity (Wildman–Crippen MR) is 138 cm³/mol. The van der Waals surface area contributed by atoms with Gasteiger partial charge in [-0.1, -0.05) is 36.6 Å². The lowest BCUT2D eigenvalue weighted by molar-refractivity contribution is -0.177. The van der Waals surface area contributed by atoms with Gasteiger partial charge in [-0.3, -0.25) is 9.59 Å². The highest BCUT2D eigenvalue weighted by molar-refractivity contribution is 6.30. The predicted octanol–water partition coefficient (Wildman–Crippen LogP) is 4.42. The number of hydrogen-bond acceptors (Lipinski definition) is 7. The second-order valence-electron chi connectivity index (χ2n) is 8.79. The standard InChI is InChI=1S/C27H35ClN2O6/c1-27(2,26(33)35-19-34-24(31)7-5-3-4-6-17-29)36-23-14-8-20(9-15-23)16-18-30-25(32)21-10-12-22(28)13-11-21/h8-15H,3-7,16-19,29H2,1-2H3,(H,30,32). The van der Waals surface area contributed by atoms with Crippen LogP contribution in [0.1, 0.15) is 61.9 Å². The zero-order valence-corrected chi connectivity index (χ0v) is 21.6. The fraction of sp³-hybridized carbons (Fsp3) is 0.444. The van der Waals surface area contributed by atoms with Crippen molar-refractivity contribution in [2.75, 3.05) is 19.9 Å². The van der Waals surface area contributed by atoms with E-state index in [4.69, 9.17) is 31.5 Å². The van der Waals surface area contributed by atoms with E-state index in [1.54, 1.807) is 50.2 Å². The Bertz CT molecular complexity index is 977. The fourth-order valence-corrected chi connectivity index (χ4v) is 3.37. The number of ether oxygens (including phenoxy) is 3. The summed E-state index contributed by atoms with van der Waals surface area (Å²) in [6.45, 7) is 3.82. The number of esters is 2. The highest BCUT2D eigenvalue weighted by Gasteiger charge is 2.32. The van der Waals surface area contributed by atoms with Crippen LogP contribution in [0.15, 0.2) is 48.5 Å². The molecule has 0 aromatic heterocycles. The molecule has 0 bridgehead atoms. The molecule has 0 aliphatic rings. The first kappa shape index (κ1) is 29.1. The first-order valence-corrected chi connectivity index (χ1v) is 12.4. The molecule has 3 N–H and O–H groups in total. The summed E-state index contributed by atoms with van der Waals surface area (Å²) < 4.78 is 15.8. The van der Waals surface area contributed by atoms with Gasteiger partial charge in [0.25, 0.3) is 5.91 Å². The first-order valence-electron chi connectivity index (χ1n) is 12.1. The Morgan fingerprint density at radius 3 is 2.25 bits per heavy atom. The van der Waals surface area contributed by atoms with Gasteiger partial charge in [-0.15, -0.1) is 0 Å². The summed E-state index contributed by atoms with van der Waals surface area (Å²) >= 11 is 5.84. The number of hydrogen-bond donors (Lipinski definition) is 2. The summed E-state index contributed by atoms with van der Waals surface area (Å²) in [7, 11) is 0. The fourth-order valence-electron chi connectivity index (χ4n) is 3.25. The maximum Gasteiger partial charge on any atom is 0.352 e. The number of amides is 1. The van der Waals surface area contributed by atoms with Crippen molar-refractivity contribution in [2.45, 2.75) is 58.0 Å². The molecule has 1 amide bonds. The molecule has 0 aliphatic heterocycles. The minimum absolute atomic E-state index is 0.167. The van der Waals surface area contributed by atoms with E-state index in [9.17, 15) is 14.4 Å². The molecule has 2 aromatic carbocycles. The molecule has 0 saturated carbocycles. The van der Waals surface area contributed by atoms with Crippen LogP contribution in [0, 0.1) is 0 Å². The molecule has 2 rings (SSSR count). The highest BCUT2D eigenvalue weighted by atomic mass is 35.5. The smallest absolute Gasteiger partial charge is 0.352 e. The Kier molecular flexibility index (Phi) is 12.2.